The van der Waals surface area contributed by atoms with Gasteiger partial charge in [-0.05, 0) is 37.2 Å². The highest BCUT2D eigenvalue weighted by Crippen LogP contribution is 2.36. The molecule has 1 aromatic heterocycles. The van der Waals surface area contributed by atoms with Crippen molar-refractivity contribution in [1.82, 2.24) is 9.88 Å². The molecule has 1 amide bonds. The number of carbonyl (C=O) groups excluding carboxylic acids is 1. The van der Waals surface area contributed by atoms with Gasteiger partial charge in [-0.1, -0.05) is 11.6 Å². The van der Waals surface area contributed by atoms with Gasteiger partial charge in [0.05, 0.1) is 10.6 Å². The normalized spacial score (nSPS) is 30.2. The highest BCUT2D eigenvalue weighted by Gasteiger charge is 2.38. The van der Waals surface area contributed by atoms with Crippen LogP contribution in [0.3, 0.4) is 0 Å². The molecule has 0 aromatic carbocycles. The summed E-state index contributed by atoms with van der Waals surface area (Å²) in [5.74, 6) is 1.20. The van der Waals surface area contributed by atoms with Crippen molar-refractivity contribution in [2.24, 2.45) is 17.6 Å². The Morgan fingerprint density at radius 3 is 2.95 bits per heavy atom. The van der Waals surface area contributed by atoms with Crippen LogP contribution in [0.1, 0.15) is 29.6 Å². The maximum absolute atomic E-state index is 12.5. The monoisotopic (exact) mass is 279 g/mol. The molecule has 1 unspecified atom stereocenters. The molecule has 0 spiro atoms. The van der Waals surface area contributed by atoms with Crippen LogP contribution in [0.25, 0.3) is 0 Å². The van der Waals surface area contributed by atoms with E-state index in [-0.39, 0.29) is 5.91 Å². The second-order valence-corrected chi connectivity index (χ2v) is 6.07. The minimum Gasteiger partial charge on any atom is -0.338 e. The van der Waals surface area contributed by atoms with Crippen LogP contribution in [-0.4, -0.2) is 34.9 Å². The summed E-state index contributed by atoms with van der Waals surface area (Å²) in [6.07, 6.45) is 6.39. The van der Waals surface area contributed by atoms with Crippen molar-refractivity contribution in [3.63, 3.8) is 0 Å². The van der Waals surface area contributed by atoms with E-state index in [0.29, 0.717) is 28.5 Å². The van der Waals surface area contributed by atoms with Gasteiger partial charge < -0.3 is 10.6 Å². The number of hydrogen-bond donors (Lipinski definition) is 1. The zero-order valence-corrected chi connectivity index (χ0v) is 11.5. The van der Waals surface area contributed by atoms with E-state index in [9.17, 15) is 4.79 Å². The second kappa shape index (κ2) is 5.10. The molecular formula is C14H18ClN3O. The number of amides is 1. The lowest BCUT2D eigenvalue weighted by Gasteiger charge is -2.27. The number of fused-ring (bicyclic) bond motifs is 1. The van der Waals surface area contributed by atoms with Crippen LogP contribution in [0.15, 0.2) is 18.5 Å². The van der Waals surface area contributed by atoms with Crippen molar-refractivity contribution in [1.29, 1.82) is 0 Å². The molecule has 2 aliphatic rings. The molecule has 1 aromatic rings. The van der Waals surface area contributed by atoms with Gasteiger partial charge in [-0.15, -0.1) is 0 Å². The first kappa shape index (κ1) is 12.9. The van der Waals surface area contributed by atoms with Crippen LogP contribution in [-0.2, 0) is 0 Å². The van der Waals surface area contributed by atoms with Gasteiger partial charge >= 0.3 is 0 Å². The van der Waals surface area contributed by atoms with Gasteiger partial charge in [-0.25, -0.2) is 0 Å². The van der Waals surface area contributed by atoms with Crippen molar-refractivity contribution in [3.05, 3.63) is 29.0 Å². The van der Waals surface area contributed by atoms with E-state index in [2.05, 4.69) is 4.98 Å². The first-order valence-electron chi connectivity index (χ1n) is 6.79. The van der Waals surface area contributed by atoms with E-state index in [4.69, 9.17) is 17.3 Å². The quantitative estimate of drug-likeness (QED) is 0.855. The molecule has 3 atom stereocenters. The fraction of sp³-hybridized carbons (Fsp3) is 0.571. The van der Waals surface area contributed by atoms with E-state index < -0.39 is 0 Å². The zero-order valence-electron chi connectivity index (χ0n) is 10.8. The maximum Gasteiger partial charge on any atom is 0.255 e. The molecule has 1 saturated carbocycles. The number of pyridine rings is 1. The Kier molecular flexibility index (Phi) is 3.46. The van der Waals surface area contributed by atoms with Gasteiger partial charge in [0.25, 0.3) is 5.91 Å². The Morgan fingerprint density at radius 1 is 1.37 bits per heavy atom. The summed E-state index contributed by atoms with van der Waals surface area (Å²) in [4.78, 5) is 18.3. The highest BCUT2D eigenvalue weighted by atomic mass is 35.5. The summed E-state index contributed by atoms with van der Waals surface area (Å²) in [6.45, 7) is 1.66. The molecule has 2 fully saturated rings. The Balaban J connectivity index is 1.74. The number of rotatable bonds is 1. The van der Waals surface area contributed by atoms with E-state index in [0.717, 1.165) is 32.4 Å². The summed E-state index contributed by atoms with van der Waals surface area (Å²) in [7, 11) is 0. The van der Waals surface area contributed by atoms with Crippen molar-refractivity contribution in [2.45, 2.75) is 25.3 Å². The number of likely N-dealkylation sites (tertiary alicyclic amines) is 1. The lowest BCUT2D eigenvalue weighted by atomic mass is 9.79. The molecule has 5 heteroatoms. The smallest absolute Gasteiger partial charge is 0.255 e. The standard InChI is InChI=1S/C14H18ClN3O/c15-13-6-17-4-3-12(13)14(19)18-7-9-1-2-11(16)5-10(9)8-18/h3-4,6,9-11H,1-2,5,7-8,16H2/t9-,10+,11?/m1/s1. The molecule has 0 radical (unpaired) electrons. The highest BCUT2D eigenvalue weighted by molar-refractivity contribution is 6.33. The summed E-state index contributed by atoms with van der Waals surface area (Å²) in [5, 5.41) is 0.430. The first-order chi connectivity index (χ1) is 9.15. The number of nitrogens with two attached hydrogens (primary N) is 1. The molecule has 1 aliphatic heterocycles. The molecule has 2 N–H and O–H groups in total. The Hall–Kier alpha value is -1.13. The molecule has 4 nitrogen and oxygen atoms in total. The second-order valence-electron chi connectivity index (χ2n) is 5.66. The summed E-state index contributed by atoms with van der Waals surface area (Å²) < 4.78 is 0. The topological polar surface area (TPSA) is 59.2 Å². The number of carbonyl (C=O) groups is 1. The Bertz CT molecular complexity index is 493. The predicted molar refractivity (Wildman–Crippen MR) is 74.0 cm³/mol. The third kappa shape index (κ3) is 2.47. The summed E-state index contributed by atoms with van der Waals surface area (Å²) in [5.41, 5.74) is 6.57. The minimum absolute atomic E-state index is 0.0235. The van der Waals surface area contributed by atoms with Crippen molar-refractivity contribution in [2.75, 3.05) is 13.1 Å². The number of halogens is 1. The molecule has 19 heavy (non-hydrogen) atoms. The third-order valence-electron chi connectivity index (χ3n) is 4.38. The van der Waals surface area contributed by atoms with Gasteiger partial charge in [-0.3, -0.25) is 9.78 Å². The molecule has 3 rings (SSSR count). The van der Waals surface area contributed by atoms with Crippen LogP contribution in [0.2, 0.25) is 5.02 Å². The van der Waals surface area contributed by atoms with Crippen molar-refractivity contribution < 1.29 is 4.79 Å². The fourth-order valence-electron chi connectivity index (χ4n) is 3.35. The van der Waals surface area contributed by atoms with Gasteiger partial charge in [0.15, 0.2) is 0 Å². The third-order valence-corrected chi connectivity index (χ3v) is 4.68. The number of aromatic nitrogens is 1. The van der Waals surface area contributed by atoms with Crippen LogP contribution in [0.4, 0.5) is 0 Å². The van der Waals surface area contributed by atoms with Crippen molar-refractivity contribution in [3.8, 4) is 0 Å². The van der Waals surface area contributed by atoms with Gasteiger partial charge in [0.2, 0.25) is 0 Å². The van der Waals surface area contributed by atoms with Crippen LogP contribution >= 0.6 is 11.6 Å². The fourth-order valence-corrected chi connectivity index (χ4v) is 3.55. The number of hydrogen-bond acceptors (Lipinski definition) is 3. The van der Waals surface area contributed by atoms with E-state index in [1.165, 1.54) is 6.20 Å². The molecule has 2 heterocycles. The molecule has 1 saturated heterocycles. The van der Waals surface area contributed by atoms with Crippen LogP contribution in [0, 0.1) is 11.8 Å². The van der Waals surface area contributed by atoms with Crippen molar-refractivity contribution >= 4 is 17.5 Å². The van der Waals surface area contributed by atoms with Crippen LogP contribution < -0.4 is 5.73 Å². The maximum atomic E-state index is 12.5. The summed E-state index contributed by atoms with van der Waals surface area (Å²) in [6, 6.07) is 2.00. The lowest BCUT2D eigenvalue weighted by Crippen LogP contribution is -2.32. The minimum atomic E-state index is 0.0235. The van der Waals surface area contributed by atoms with Crippen LogP contribution in [0.5, 0.6) is 0 Å². The first-order valence-corrected chi connectivity index (χ1v) is 7.17. The van der Waals surface area contributed by atoms with Gasteiger partial charge in [0, 0.05) is 31.5 Å². The number of nitrogens with zero attached hydrogens (tertiary/aromatic N) is 2. The van der Waals surface area contributed by atoms with E-state index >= 15 is 0 Å². The van der Waals surface area contributed by atoms with E-state index in [1.54, 1.807) is 12.3 Å². The predicted octanol–water partition coefficient (Wildman–Crippen LogP) is 1.93. The lowest BCUT2D eigenvalue weighted by molar-refractivity contribution is 0.0784. The van der Waals surface area contributed by atoms with Gasteiger partial charge in [0.1, 0.15) is 0 Å². The molecule has 1 aliphatic carbocycles. The molecular weight excluding hydrogens is 262 g/mol. The Morgan fingerprint density at radius 2 is 2.16 bits per heavy atom. The van der Waals surface area contributed by atoms with Gasteiger partial charge in [-0.2, -0.15) is 0 Å². The molecule has 0 bridgehead atoms. The molecule has 102 valence electrons. The zero-order chi connectivity index (χ0) is 13.4. The average Bonchev–Trinajstić information content (AvgIpc) is 2.81. The van der Waals surface area contributed by atoms with E-state index in [1.807, 2.05) is 4.90 Å². The SMILES string of the molecule is NC1CC[C@@H]2CN(C(=O)c3ccncc3Cl)C[C@@H]2C1. The largest absolute Gasteiger partial charge is 0.338 e. The average molecular weight is 280 g/mol. The Labute approximate surface area is 117 Å². The summed E-state index contributed by atoms with van der Waals surface area (Å²) >= 11 is 6.04.